The van der Waals surface area contributed by atoms with Crippen molar-refractivity contribution in [2.75, 3.05) is 6.54 Å². The minimum absolute atomic E-state index is 0.0193. The lowest BCUT2D eigenvalue weighted by molar-refractivity contribution is -0.143. The second-order valence-electron chi connectivity index (χ2n) is 14.7. The van der Waals surface area contributed by atoms with Crippen LogP contribution in [0.2, 0.25) is 0 Å². The van der Waals surface area contributed by atoms with Gasteiger partial charge in [0.25, 0.3) is 0 Å². The van der Waals surface area contributed by atoms with Crippen molar-refractivity contribution in [3.05, 3.63) is 29.8 Å². The molecule has 1 rings (SSSR count). The predicted molar refractivity (Wildman–Crippen MR) is 207 cm³/mol. The first kappa shape index (κ1) is 49.7. The number of rotatable bonds is 25. The van der Waals surface area contributed by atoms with Crippen LogP contribution >= 0.6 is 0 Å². The molecule has 0 aliphatic carbocycles. The van der Waals surface area contributed by atoms with E-state index in [-0.39, 0.29) is 36.8 Å². The number of aromatic hydroxyl groups is 1. The van der Waals surface area contributed by atoms with Crippen LogP contribution in [0.1, 0.15) is 86.1 Å². The van der Waals surface area contributed by atoms with E-state index < -0.39 is 109 Å². The van der Waals surface area contributed by atoms with Crippen LogP contribution in [0.3, 0.4) is 0 Å². The highest BCUT2D eigenvalue weighted by Crippen LogP contribution is 2.13. The monoisotopic (exact) mass is 807 g/mol. The molecule has 0 unspecified atom stereocenters. The van der Waals surface area contributed by atoms with Crippen molar-refractivity contribution in [3.63, 3.8) is 0 Å². The topological polar surface area (TPSA) is 316 Å². The number of carbonyl (C=O) groups excluding carboxylic acids is 6. The van der Waals surface area contributed by atoms with E-state index in [1.807, 2.05) is 6.92 Å². The normalized spacial score (nSPS) is 15.9. The maximum absolute atomic E-state index is 13.7. The van der Waals surface area contributed by atoms with E-state index >= 15 is 0 Å². The minimum Gasteiger partial charge on any atom is -0.508 e. The number of phenols is 1. The number of hydrogen-bond donors (Lipinski definition) is 11. The van der Waals surface area contributed by atoms with E-state index in [1.165, 1.54) is 31.2 Å². The van der Waals surface area contributed by atoms with Crippen LogP contribution < -0.4 is 37.6 Å². The Morgan fingerprint density at radius 1 is 0.667 bits per heavy atom. The van der Waals surface area contributed by atoms with Crippen molar-refractivity contribution in [3.8, 4) is 5.75 Å². The molecule has 0 fully saturated rings. The summed E-state index contributed by atoms with van der Waals surface area (Å²) in [6.07, 6.45) is -1.51. The minimum atomic E-state index is -1.69. The first-order valence-electron chi connectivity index (χ1n) is 19.1. The van der Waals surface area contributed by atoms with Crippen LogP contribution in [0, 0.1) is 17.8 Å². The summed E-state index contributed by atoms with van der Waals surface area (Å²) >= 11 is 0. The zero-order chi connectivity index (χ0) is 43.6. The van der Waals surface area contributed by atoms with E-state index in [1.54, 1.807) is 34.6 Å². The molecule has 6 amide bonds. The van der Waals surface area contributed by atoms with Crippen LogP contribution in [0.5, 0.6) is 5.75 Å². The third-order valence-corrected chi connectivity index (χ3v) is 9.47. The van der Waals surface area contributed by atoms with Gasteiger partial charge in [0.2, 0.25) is 35.4 Å². The Balaban J connectivity index is 3.30. The fourth-order valence-electron chi connectivity index (χ4n) is 5.49. The predicted octanol–water partition coefficient (Wildman–Crippen LogP) is -0.729. The molecular weight excluding hydrogens is 746 g/mol. The van der Waals surface area contributed by atoms with E-state index in [0.717, 1.165) is 0 Å². The molecule has 0 aliphatic rings. The van der Waals surface area contributed by atoms with Gasteiger partial charge in [-0.15, -0.1) is 0 Å². The maximum Gasteiger partial charge on any atom is 0.326 e. The van der Waals surface area contributed by atoms with Crippen LogP contribution in [0.4, 0.5) is 0 Å². The highest BCUT2D eigenvalue weighted by Gasteiger charge is 2.35. The Morgan fingerprint density at radius 3 is 1.72 bits per heavy atom. The molecule has 0 aliphatic heterocycles. The lowest BCUT2D eigenvalue weighted by Crippen LogP contribution is -2.61. The van der Waals surface area contributed by atoms with Crippen molar-refractivity contribution in [2.45, 2.75) is 129 Å². The van der Waals surface area contributed by atoms with Crippen LogP contribution in [0.25, 0.3) is 0 Å². The fraction of sp³-hybridized carbons (Fsp3) is 0.632. The van der Waals surface area contributed by atoms with Gasteiger partial charge in [-0.3, -0.25) is 33.6 Å². The van der Waals surface area contributed by atoms with Gasteiger partial charge in [-0.1, -0.05) is 66.5 Å². The lowest BCUT2D eigenvalue weighted by Gasteiger charge is -2.28. The van der Waals surface area contributed by atoms with Crippen molar-refractivity contribution in [1.29, 1.82) is 0 Å². The summed E-state index contributed by atoms with van der Waals surface area (Å²) < 4.78 is 0. The van der Waals surface area contributed by atoms with Crippen molar-refractivity contribution in [2.24, 2.45) is 23.5 Å². The van der Waals surface area contributed by atoms with E-state index in [0.29, 0.717) is 18.4 Å². The quantitative estimate of drug-likeness (QED) is 0.0582. The lowest BCUT2D eigenvalue weighted by atomic mass is 9.98. The third kappa shape index (κ3) is 17.6. The first-order chi connectivity index (χ1) is 26.6. The molecule has 19 nitrogen and oxygen atoms in total. The SMILES string of the molecule is CC[C@H](C)[C@H](N)C(=O)N[C@@H](CCC(=O)O)C(=O)N[C@@H](CC(C)C)C(=O)N[C@H](C(=O)N[C@@H](Cc1ccc(O)cc1)C(=O)NCC(=O)N[C@H](C(=O)O)[C@@H](C)CC)[C@@H](C)O. The maximum atomic E-state index is 13.7. The van der Waals surface area contributed by atoms with Gasteiger partial charge < -0.3 is 58.1 Å². The molecule has 320 valence electrons. The van der Waals surface area contributed by atoms with Gasteiger partial charge in [0.05, 0.1) is 18.7 Å². The molecule has 57 heavy (non-hydrogen) atoms. The van der Waals surface area contributed by atoms with Crippen molar-refractivity contribution >= 4 is 47.4 Å². The number of carboxylic acid groups (broad SMARTS) is 2. The summed E-state index contributed by atoms with van der Waals surface area (Å²) in [7, 11) is 0. The number of carbonyl (C=O) groups is 8. The average Bonchev–Trinajstić information content (AvgIpc) is 3.14. The summed E-state index contributed by atoms with van der Waals surface area (Å²) in [5.74, 6) is -8.62. The molecule has 1 aromatic rings. The highest BCUT2D eigenvalue weighted by molar-refractivity contribution is 5.97. The summed E-state index contributed by atoms with van der Waals surface area (Å²) in [5.41, 5.74) is 6.48. The Morgan fingerprint density at radius 2 is 1.21 bits per heavy atom. The molecule has 0 aromatic heterocycles. The third-order valence-electron chi connectivity index (χ3n) is 9.47. The average molecular weight is 808 g/mol. The smallest absolute Gasteiger partial charge is 0.326 e. The summed E-state index contributed by atoms with van der Waals surface area (Å²) in [5, 5.41) is 53.7. The molecule has 9 atom stereocenters. The van der Waals surface area contributed by atoms with E-state index in [4.69, 9.17) is 5.73 Å². The van der Waals surface area contributed by atoms with Crippen LogP contribution in [0.15, 0.2) is 24.3 Å². The van der Waals surface area contributed by atoms with Gasteiger partial charge in [-0.2, -0.15) is 0 Å². The zero-order valence-corrected chi connectivity index (χ0v) is 33.7. The highest BCUT2D eigenvalue weighted by atomic mass is 16.4. The Labute approximate surface area is 332 Å². The molecule has 0 bridgehead atoms. The molecule has 19 heteroatoms. The van der Waals surface area contributed by atoms with E-state index in [2.05, 4.69) is 31.9 Å². The first-order valence-corrected chi connectivity index (χ1v) is 19.1. The molecule has 0 spiro atoms. The number of aliphatic hydroxyl groups is 1. The Kier molecular flexibility index (Phi) is 21.2. The van der Waals surface area contributed by atoms with Gasteiger partial charge in [-0.05, 0) is 55.2 Å². The zero-order valence-electron chi connectivity index (χ0n) is 33.7. The fourth-order valence-corrected chi connectivity index (χ4v) is 5.49. The molecule has 1 aromatic carbocycles. The number of nitrogens with one attached hydrogen (secondary N) is 6. The van der Waals surface area contributed by atoms with Crippen LogP contribution in [-0.2, 0) is 44.8 Å². The number of carboxylic acids is 2. The number of nitrogens with two attached hydrogens (primary N) is 1. The number of amides is 6. The van der Waals surface area contributed by atoms with Gasteiger partial charge >= 0.3 is 11.9 Å². The van der Waals surface area contributed by atoms with Crippen molar-refractivity contribution < 1.29 is 58.8 Å². The molecule has 0 saturated heterocycles. The number of benzene rings is 1. The molecule has 0 heterocycles. The number of aliphatic carboxylic acids is 2. The molecule has 0 radical (unpaired) electrons. The standard InChI is InChI=1S/C38H61N7O12/c1-8-20(5)30(39)36(54)41-25(14-15-29(49)50)34(52)42-26(16-19(3)4)35(53)45-32(22(7)46)37(55)43-27(17-23-10-12-24(47)13-11-23)33(51)40-18-28(48)44-31(38(56)57)21(6)9-2/h10-13,19-22,25-27,30-32,46-47H,8-9,14-18,39H2,1-7H3,(H,40,51)(H,41,54)(H,42,52)(H,43,55)(H,44,48)(H,45,53)(H,49,50)(H,56,57)/t20-,21-,22+,25-,26-,27-,30-,31-,32-/m0/s1. The second-order valence-corrected chi connectivity index (χ2v) is 14.7. The number of phenolic OH excluding ortho intramolecular Hbond substituents is 1. The van der Waals surface area contributed by atoms with Gasteiger partial charge in [0.1, 0.15) is 36.0 Å². The number of hydrogen-bond acceptors (Lipinski definition) is 11. The second kappa shape index (κ2) is 24.4. The Bertz CT molecular complexity index is 1540. The molecular formula is C38H61N7O12. The number of aliphatic hydroxyl groups excluding tert-OH is 1. The van der Waals surface area contributed by atoms with Gasteiger partial charge in [0.15, 0.2) is 0 Å². The van der Waals surface area contributed by atoms with Crippen molar-refractivity contribution in [1.82, 2.24) is 31.9 Å². The summed E-state index contributed by atoms with van der Waals surface area (Å²) in [6, 6.07) is -2.37. The van der Waals surface area contributed by atoms with E-state index in [9.17, 15) is 58.8 Å². The largest absolute Gasteiger partial charge is 0.508 e. The Hall–Kier alpha value is -5.30. The molecule has 0 saturated carbocycles. The van der Waals surface area contributed by atoms with Gasteiger partial charge in [-0.25, -0.2) is 4.79 Å². The summed E-state index contributed by atoms with van der Waals surface area (Å²) in [4.78, 5) is 103. The van der Waals surface area contributed by atoms with Gasteiger partial charge in [0, 0.05) is 12.8 Å². The summed E-state index contributed by atoms with van der Waals surface area (Å²) in [6.45, 7) is 11.0. The molecule has 12 N–H and O–H groups in total. The van der Waals surface area contributed by atoms with Crippen LogP contribution in [-0.4, -0.2) is 117 Å².